The molecule has 0 aliphatic rings. The van der Waals surface area contributed by atoms with Gasteiger partial charge in [0, 0.05) is 15.3 Å². The molecule has 3 nitrogen and oxygen atoms in total. The van der Waals surface area contributed by atoms with Gasteiger partial charge in [0.2, 0.25) is 0 Å². The molecule has 0 aliphatic heterocycles. The summed E-state index contributed by atoms with van der Waals surface area (Å²) in [6, 6.07) is 5.73. The van der Waals surface area contributed by atoms with E-state index in [4.69, 9.17) is 0 Å². The van der Waals surface area contributed by atoms with Crippen molar-refractivity contribution in [3.63, 3.8) is 0 Å². The standard InChI is InChI=1S/C19H13F6NO2S2/c20-18(21,22)12-5-11(6-13(7-12)19(23,24)25)17(28)26-8-14-1-2-15(30-14)16(27)10-3-4-29-9-10/h1-7,9,16,27H,8H2,(H,26,28). The number of alkyl halides is 6. The van der Waals surface area contributed by atoms with E-state index in [9.17, 15) is 36.2 Å². The van der Waals surface area contributed by atoms with Crippen molar-refractivity contribution < 1.29 is 36.2 Å². The topological polar surface area (TPSA) is 49.3 Å². The van der Waals surface area contributed by atoms with Gasteiger partial charge in [-0.2, -0.15) is 37.7 Å². The van der Waals surface area contributed by atoms with Crippen molar-refractivity contribution in [2.75, 3.05) is 0 Å². The van der Waals surface area contributed by atoms with E-state index >= 15 is 0 Å². The van der Waals surface area contributed by atoms with Gasteiger partial charge in [0.15, 0.2) is 0 Å². The van der Waals surface area contributed by atoms with Crippen molar-refractivity contribution in [2.24, 2.45) is 0 Å². The third-order valence-electron chi connectivity index (χ3n) is 4.08. The first-order valence-electron chi connectivity index (χ1n) is 8.31. The molecule has 1 amide bonds. The van der Waals surface area contributed by atoms with E-state index in [0.29, 0.717) is 27.5 Å². The van der Waals surface area contributed by atoms with E-state index in [0.717, 1.165) is 0 Å². The van der Waals surface area contributed by atoms with Crippen LogP contribution in [0.3, 0.4) is 0 Å². The largest absolute Gasteiger partial charge is 0.416 e. The number of rotatable bonds is 5. The summed E-state index contributed by atoms with van der Waals surface area (Å²) in [7, 11) is 0. The zero-order chi connectivity index (χ0) is 22.1. The molecule has 30 heavy (non-hydrogen) atoms. The van der Waals surface area contributed by atoms with Crippen LogP contribution in [0.4, 0.5) is 26.3 Å². The fraction of sp³-hybridized carbons (Fsp3) is 0.211. The Morgan fingerprint density at radius 1 is 1.00 bits per heavy atom. The van der Waals surface area contributed by atoms with Crippen molar-refractivity contribution in [3.05, 3.63) is 79.2 Å². The molecule has 1 aromatic carbocycles. The highest BCUT2D eigenvalue weighted by Gasteiger charge is 2.37. The average Bonchev–Trinajstić information content (AvgIpc) is 3.36. The molecule has 160 valence electrons. The quantitative estimate of drug-likeness (QED) is 0.464. The van der Waals surface area contributed by atoms with E-state index in [1.165, 1.54) is 22.7 Å². The Morgan fingerprint density at radius 2 is 1.63 bits per heavy atom. The Kier molecular flexibility index (Phi) is 6.25. The Hall–Kier alpha value is -2.37. The van der Waals surface area contributed by atoms with Crippen molar-refractivity contribution in [3.8, 4) is 0 Å². The van der Waals surface area contributed by atoms with Crippen molar-refractivity contribution in [1.82, 2.24) is 5.32 Å². The van der Waals surface area contributed by atoms with Crippen molar-refractivity contribution >= 4 is 28.6 Å². The van der Waals surface area contributed by atoms with Crippen LogP contribution in [0.25, 0.3) is 0 Å². The van der Waals surface area contributed by atoms with Gasteiger partial charge in [-0.05, 0) is 52.7 Å². The van der Waals surface area contributed by atoms with E-state index in [2.05, 4.69) is 5.32 Å². The minimum absolute atomic E-state index is 0.0336. The highest BCUT2D eigenvalue weighted by atomic mass is 32.1. The number of amides is 1. The van der Waals surface area contributed by atoms with Crippen molar-refractivity contribution in [1.29, 1.82) is 0 Å². The first-order chi connectivity index (χ1) is 13.9. The molecule has 1 unspecified atom stereocenters. The fourth-order valence-electron chi connectivity index (χ4n) is 2.59. The van der Waals surface area contributed by atoms with Gasteiger partial charge in [-0.25, -0.2) is 0 Å². The predicted molar refractivity (Wildman–Crippen MR) is 100 cm³/mol. The molecule has 0 saturated carbocycles. The summed E-state index contributed by atoms with van der Waals surface area (Å²) < 4.78 is 77.5. The van der Waals surface area contributed by atoms with Gasteiger partial charge in [0.05, 0.1) is 17.7 Å². The molecule has 11 heteroatoms. The Morgan fingerprint density at radius 3 is 2.17 bits per heavy atom. The van der Waals surface area contributed by atoms with Crippen LogP contribution in [0.15, 0.2) is 47.2 Å². The van der Waals surface area contributed by atoms with Gasteiger partial charge in [0.25, 0.3) is 5.91 Å². The van der Waals surface area contributed by atoms with E-state index in [1.807, 2.05) is 0 Å². The molecule has 0 radical (unpaired) electrons. The molecule has 2 aromatic heterocycles. The van der Waals surface area contributed by atoms with Crippen LogP contribution in [0.2, 0.25) is 0 Å². The molecule has 1 atom stereocenters. The summed E-state index contributed by atoms with van der Waals surface area (Å²) in [6.45, 7) is -0.114. The average molecular weight is 465 g/mol. The zero-order valence-electron chi connectivity index (χ0n) is 14.8. The van der Waals surface area contributed by atoms with E-state index in [1.54, 1.807) is 29.0 Å². The number of thiophene rings is 2. The van der Waals surface area contributed by atoms with Crippen LogP contribution >= 0.6 is 22.7 Å². The van der Waals surface area contributed by atoms with Crippen LogP contribution in [0.1, 0.15) is 42.9 Å². The predicted octanol–water partition coefficient (Wildman–Crippen LogP) is 5.86. The highest BCUT2D eigenvalue weighted by molar-refractivity contribution is 7.12. The second-order valence-corrected chi connectivity index (χ2v) is 8.22. The highest BCUT2D eigenvalue weighted by Crippen LogP contribution is 2.36. The summed E-state index contributed by atoms with van der Waals surface area (Å²) in [5, 5.41) is 16.2. The van der Waals surface area contributed by atoms with Gasteiger partial charge in [-0.3, -0.25) is 4.79 Å². The lowest BCUT2D eigenvalue weighted by molar-refractivity contribution is -0.143. The van der Waals surface area contributed by atoms with E-state index < -0.39 is 41.1 Å². The molecule has 3 rings (SSSR count). The minimum Gasteiger partial charge on any atom is -0.383 e. The Labute approximate surface area is 174 Å². The molecule has 0 spiro atoms. The van der Waals surface area contributed by atoms with Crippen LogP contribution < -0.4 is 5.32 Å². The lowest BCUT2D eigenvalue weighted by Gasteiger charge is -2.14. The summed E-state index contributed by atoms with van der Waals surface area (Å²) in [4.78, 5) is 13.4. The maximum Gasteiger partial charge on any atom is 0.416 e. The van der Waals surface area contributed by atoms with E-state index in [-0.39, 0.29) is 12.6 Å². The fourth-order valence-corrected chi connectivity index (χ4v) is 4.23. The van der Waals surface area contributed by atoms with Crippen LogP contribution in [-0.2, 0) is 18.9 Å². The number of aliphatic hydroxyl groups excluding tert-OH is 1. The normalized spacial score (nSPS) is 13.3. The molecule has 0 aliphatic carbocycles. The van der Waals surface area contributed by atoms with Gasteiger partial charge in [-0.1, -0.05) is 0 Å². The summed E-state index contributed by atoms with van der Waals surface area (Å²) >= 11 is 2.59. The van der Waals surface area contributed by atoms with Crippen LogP contribution in [0.5, 0.6) is 0 Å². The molecule has 2 N–H and O–H groups in total. The number of hydrogen-bond acceptors (Lipinski definition) is 4. The maximum absolute atomic E-state index is 12.9. The van der Waals surface area contributed by atoms with Gasteiger partial charge >= 0.3 is 12.4 Å². The number of carbonyl (C=O) groups is 1. The number of benzene rings is 1. The molecule has 0 fully saturated rings. The Balaban J connectivity index is 1.75. The lowest BCUT2D eigenvalue weighted by atomic mass is 10.0. The maximum atomic E-state index is 12.9. The summed E-state index contributed by atoms with van der Waals surface area (Å²) in [5.74, 6) is -1.07. The number of nitrogens with one attached hydrogen (secondary N) is 1. The van der Waals surface area contributed by atoms with Crippen molar-refractivity contribution in [2.45, 2.75) is 25.0 Å². The molecule has 2 heterocycles. The van der Waals surface area contributed by atoms with Gasteiger partial charge in [0.1, 0.15) is 6.10 Å². The SMILES string of the molecule is O=C(NCc1ccc(C(O)c2ccsc2)s1)c1cc(C(F)(F)F)cc(C(F)(F)F)c1. The monoisotopic (exact) mass is 465 g/mol. The zero-order valence-corrected chi connectivity index (χ0v) is 16.5. The third kappa shape index (κ3) is 5.21. The second kappa shape index (κ2) is 8.40. The first-order valence-corrected chi connectivity index (χ1v) is 10.1. The number of hydrogen-bond donors (Lipinski definition) is 2. The molecule has 0 saturated heterocycles. The van der Waals surface area contributed by atoms with Crippen LogP contribution in [-0.4, -0.2) is 11.0 Å². The number of halogens is 6. The summed E-state index contributed by atoms with van der Waals surface area (Å²) in [5.41, 5.74) is -3.16. The Bertz CT molecular complexity index is 992. The molecular formula is C19H13F6NO2S2. The third-order valence-corrected chi connectivity index (χ3v) is 5.92. The first kappa shape index (κ1) is 22.3. The molecular weight excluding hydrogens is 452 g/mol. The number of carbonyl (C=O) groups excluding carboxylic acids is 1. The molecule has 0 bridgehead atoms. The summed E-state index contributed by atoms with van der Waals surface area (Å²) in [6.07, 6.45) is -10.9. The lowest BCUT2D eigenvalue weighted by Crippen LogP contribution is -2.24. The molecule has 3 aromatic rings. The minimum atomic E-state index is -5.03. The smallest absolute Gasteiger partial charge is 0.383 e. The van der Waals surface area contributed by atoms with Gasteiger partial charge < -0.3 is 10.4 Å². The van der Waals surface area contributed by atoms with Gasteiger partial charge in [-0.15, -0.1) is 11.3 Å². The van der Waals surface area contributed by atoms with Crippen LogP contribution in [0, 0.1) is 0 Å². The number of aliphatic hydroxyl groups is 1. The second-order valence-electron chi connectivity index (χ2n) is 6.24.